The monoisotopic (exact) mass is 329 g/mol. The van der Waals surface area contributed by atoms with E-state index in [1.807, 2.05) is 38.1 Å². The van der Waals surface area contributed by atoms with Crippen LogP contribution in [0.2, 0.25) is 0 Å². The van der Waals surface area contributed by atoms with Gasteiger partial charge < -0.3 is 4.90 Å². The van der Waals surface area contributed by atoms with Gasteiger partial charge in [0.05, 0.1) is 4.90 Å². The van der Waals surface area contributed by atoms with Gasteiger partial charge in [0, 0.05) is 23.0 Å². The van der Waals surface area contributed by atoms with E-state index < -0.39 is 9.84 Å². The van der Waals surface area contributed by atoms with Gasteiger partial charge in [-0.1, -0.05) is 18.2 Å². The molecule has 2 aromatic carbocycles. The van der Waals surface area contributed by atoms with Crippen LogP contribution in [0.4, 0.5) is 5.69 Å². The van der Waals surface area contributed by atoms with Crippen molar-refractivity contribution in [2.45, 2.75) is 30.7 Å². The van der Waals surface area contributed by atoms with Crippen molar-refractivity contribution in [3.05, 3.63) is 59.7 Å². The molecule has 1 aliphatic heterocycles. The van der Waals surface area contributed by atoms with Gasteiger partial charge in [0.15, 0.2) is 9.84 Å². The first-order valence-electron chi connectivity index (χ1n) is 7.43. The maximum Gasteiger partial charge on any atom is 0.258 e. The molecule has 0 atom stereocenters. The van der Waals surface area contributed by atoms with Crippen molar-refractivity contribution < 1.29 is 13.2 Å². The van der Waals surface area contributed by atoms with Crippen LogP contribution in [-0.2, 0) is 16.3 Å². The summed E-state index contributed by atoms with van der Waals surface area (Å²) in [7, 11) is -3.26. The lowest BCUT2D eigenvalue weighted by Crippen LogP contribution is -2.45. The first-order valence-corrected chi connectivity index (χ1v) is 9.32. The van der Waals surface area contributed by atoms with Crippen molar-refractivity contribution in [1.29, 1.82) is 0 Å². The van der Waals surface area contributed by atoms with Gasteiger partial charge in [-0.15, -0.1) is 0 Å². The van der Waals surface area contributed by atoms with Crippen molar-refractivity contribution in [1.82, 2.24) is 0 Å². The highest BCUT2D eigenvalue weighted by molar-refractivity contribution is 7.90. The number of rotatable bonds is 2. The molecule has 120 valence electrons. The minimum atomic E-state index is -3.26. The van der Waals surface area contributed by atoms with Gasteiger partial charge in [0.2, 0.25) is 0 Å². The van der Waals surface area contributed by atoms with Crippen molar-refractivity contribution in [3.8, 4) is 0 Å². The van der Waals surface area contributed by atoms with Crippen LogP contribution in [-0.4, -0.2) is 26.1 Å². The smallest absolute Gasteiger partial charge is 0.258 e. The van der Waals surface area contributed by atoms with Crippen LogP contribution in [0.1, 0.15) is 29.8 Å². The fourth-order valence-electron chi connectivity index (χ4n) is 3.11. The average molecular weight is 329 g/mol. The molecule has 0 spiro atoms. The van der Waals surface area contributed by atoms with Gasteiger partial charge in [-0.25, -0.2) is 8.42 Å². The Kier molecular flexibility index (Phi) is 3.56. The summed E-state index contributed by atoms with van der Waals surface area (Å²) >= 11 is 0. The Labute approximate surface area is 136 Å². The largest absolute Gasteiger partial charge is 0.302 e. The van der Waals surface area contributed by atoms with Crippen LogP contribution < -0.4 is 4.90 Å². The normalized spacial score (nSPS) is 16.2. The quantitative estimate of drug-likeness (QED) is 0.851. The molecule has 5 heteroatoms. The number of fused-ring (bicyclic) bond motifs is 1. The standard InChI is InChI=1S/C18H19NO3S/c1-18(2)12-14-6-4-5-7-16(14)19(18)17(20)13-8-10-15(11-9-13)23(3,21)22/h4-11H,12H2,1-3H3. The van der Waals surface area contributed by atoms with E-state index in [9.17, 15) is 13.2 Å². The van der Waals surface area contributed by atoms with E-state index in [2.05, 4.69) is 0 Å². The van der Waals surface area contributed by atoms with E-state index >= 15 is 0 Å². The molecule has 0 saturated heterocycles. The summed E-state index contributed by atoms with van der Waals surface area (Å²) in [5, 5.41) is 0. The molecular weight excluding hydrogens is 310 g/mol. The summed E-state index contributed by atoms with van der Waals surface area (Å²) in [6.45, 7) is 4.07. The van der Waals surface area contributed by atoms with Crippen LogP contribution in [0.15, 0.2) is 53.4 Å². The first-order chi connectivity index (χ1) is 10.7. The first kappa shape index (κ1) is 15.7. The van der Waals surface area contributed by atoms with Crippen molar-refractivity contribution >= 4 is 21.4 Å². The third-order valence-corrected chi connectivity index (χ3v) is 5.32. The zero-order chi connectivity index (χ0) is 16.8. The van der Waals surface area contributed by atoms with Crippen LogP contribution in [0, 0.1) is 0 Å². The maximum absolute atomic E-state index is 13.0. The lowest BCUT2D eigenvalue weighted by molar-refractivity contribution is 0.0967. The number of carbonyl (C=O) groups excluding carboxylic acids is 1. The highest BCUT2D eigenvalue weighted by atomic mass is 32.2. The van der Waals surface area contributed by atoms with E-state index in [1.165, 1.54) is 12.1 Å². The van der Waals surface area contributed by atoms with Crippen LogP contribution in [0.3, 0.4) is 0 Å². The molecule has 3 rings (SSSR count). The molecular formula is C18H19NO3S. The molecule has 23 heavy (non-hydrogen) atoms. The van der Waals surface area contributed by atoms with Crippen LogP contribution >= 0.6 is 0 Å². The van der Waals surface area contributed by atoms with Crippen LogP contribution in [0.25, 0.3) is 0 Å². The molecule has 1 heterocycles. The molecule has 2 aromatic rings. The van der Waals surface area contributed by atoms with Crippen molar-refractivity contribution in [2.24, 2.45) is 0 Å². The number of hydrogen-bond acceptors (Lipinski definition) is 3. The molecule has 0 aliphatic carbocycles. The van der Waals surface area contributed by atoms with Gasteiger partial charge >= 0.3 is 0 Å². The fourth-order valence-corrected chi connectivity index (χ4v) is 3.74. The number of sulfone groups is 1. The lowest BCUT2D eigenvalue weighted by Gasteiger charge is -2.32. The molecule has 0 N–H and O–H groups in total. The Hall–Kier alpha value is -2.14. The Balaban J connectivity index is 2.00. The number of para-hydroxylation sites is 1. The predicted molar refractivity (Wildman–Crippen MR) is 90.6 cm³/mol. The minimum Gasteiger partial charge on any atom is -0.302 e. The summed E-state index contributed by atoms with van der Waals surface area (Å²) in [6, 6.07) is 14.0. The van der Waals surface area contributed by atoms with Gasteiger partial charge in [0.1, 0.15) is 0 Å². The summed E-state index contributed by atoms with van der Waals surface area (Å²) in [6.07, 6.45) is 1.96. The molecule has 4 nitrogen and oxygen atoms in total. The molecule has 0 bridgehead atoms. The Morgan fingerprint density at radius 2 is 1.65 bits per heavy atom. The number of anilines is 1. The van der Waals surface area contributed by atoms with E-state index in [-0.39, 0.29) is 16.3 Å². The summed E-state index contributed by atoms with van der Waals surface area (Å²) in [4.78, 5) is 15.0. The zero-order valence-electron chi connectivity index (χ0n) is 13.4. The second-order valence-corrected chi connectivity index (χ2v) is 8.57. The average Bonchev–Trinajstić information content (AvgIpc) is 2.75. The number of carbonyl (C=O) groups is 1. The molecule has 0 fully saturated rings. The second kappa shape index (κ2) is 5.20. The third-order valence-electron chi connectivity index (χ3n) is 4.19. The third kappa shape index (κ3) is 2.77. The summed E-state index contributed by atoms with van der Waals surface area (Å²) < 4.78 is 23.1. The fraction of sp³-hybridized carbons (Fsp3) is 0.278. The molecule has 1 amide bonds. The van der Waals surface area contributed by atoms with Crippen LogP contribution in [0.5, 0.6) is 0 Å². The lowest BCUT2D eigenvalue weighted by atomic mass is 9.99. The maximum atomic E-state index is 13.0. The summed E-state index contributed by atoms with van der Waals surface area (Å²) in [5.41, 5.74) is 2.26. The van der Waals surface area contributed by atoms with Gasteiger partial charge in [-0.2, -0.15) is 0 Å². The number of benzene rings is 2. The summed E-state index contributed by atoms with van der Waals surface area (Å²) in [5.74, 6) is -0.111. The Morgan fingerprint density at radius 3 is 2.26 bits per heavy atom. The highest BCUT2D eigenvalue weighted by Gasteiger charge is 2.39. The van der Waals surface area contributed by atoms with E-state index in [0.717, 1.165) is 23.9 Å². The van der Waals surface area contributed by atoms with Gasteiger partial charge in [-0.3, -0.25) is 4.79 Å². The van der Waals surface area contributed by atoms with E-state index in [4.69, 9.17) is 0 Å². The van der Waals surface area contributed by atoms with Crippen molar-refractivity contribution in [2.75, 3.05) is 11.2 Å². The SMILES string of the molecule is CC1(C)Cc2ccccc2N1C(=O)c1ccc(S(C)(=O)=O)cc1. The number of amides is 1. The number of hydrogen-bond donors (Lipinski definition) is 0. The van der Waals surface area contributed by atoms with Crippen molar-refractivity contribution in [3.63, 3.8) is 0 Å². The number of nitrogens with zero attached hydrogens (tertiary/aromatic N) is 1. The molecule has 0 unspecified atom stereocenters. The second-order valence-electron chi connectivity index (χ2n) is 6.56. The Bertz CT molecular complexity index is 867. The molecule has 1 aliphatic rings. The van der Waals surface area contributed by atoms with Gasteiger partial charge in [0.25, 0.3) is 5.91 Å². The molecule has 0 aromatic heterocycles. The van der Waals surface area contributed by atoms with E-state index in [0.29, 0.717) is 5.56 Å². The zero-order valence-corrected chi connectivity index (χ0v) is 14.2. The van der Waals surface area contributed by atoms with E-state index in [1.54, 1.807) is 17.0 Å². The Morgan fingerprint density at radius 1 is 1.04 bits per heavy atom. The van der Waals surface area contributed by atoms with Gasteiger partial charge in [-0.05, 0) is 56.2 Å². The topological polar surface area (TPSA) is 54.5 Å². The minimum absolute atomic E-state index is 0.111. The molecule has 0 saturated carbocycles. The molecule has 0 radical (unpaired) electrons. The highest BCUT2D eigenvalue weighted by Crippen LogP contribution is 2.39. The predicted octanol–water partition coefficient (Wildman–Crippen LogP) is 3.07.